The minimum Gasteiger partial charge on any atom is -0.386 e. The van der Waals surface area contributed by atoms with E-state index >= 15 is 0 Å². The second-order valence-corrected chi connectivity index (χ2v) is 5.54. The Labute approximate surface area is 137 Å². The van der Waals surface area contributed by atoms with E-state index in [9.17, 15) is 9.90 Å². The summed E-state index contributed by atoms with van der Waals surface area (Å²) in [4.78, 5) is 14.1. The highest BCUT2D eigenvalue weighted by atomic mass is 16.3. The summed E-state index contributed by atoms with van der Waals surface area (Å²) in [5, 5.41) is 10.9. The maximum atomic E-state index is 12.4. The number of carbonyl (C=O) groups is 1. The molecule has 0 fully saturated rings. The quantitative estimate of drug-likeness (QED) is 0.788. The molecule has 1 N–H and O–H groups in total. The van der Waals surface area contributed by atoms with Gasteiger partial charge in [0, 0.05) is 13.5 Å². The molecule has 120 valence electrons. The summed E-state index contributed by atoms with van der Waals surface area (Å²) in [5.41, 5.74) is 1.71. The van der Waals surface area contributed by atoms with Gasteiger partial charge < -0.3 is 10.0 Å². The molecule has 0 spiro atoms. The molecule has 2 aromatic carbocycles. The number of hydrogen-bond donors (Lipinski definition) is 1. The van der Waals surface area contributed by atoms with Gasteiger partial charge in [-0.1, -0.05) is 66.7 Å². The number of nitrogens with zero attached hydrogens (tertiary/aromatic N) is 1. The van der Waals surface area contributed by atoms with Crippen LogP contribution in [-0.2, 0) is 4.79 Å². The van der Waals surface area contributed by atoms with E-state index in [0.717, 1.165) is 11.1 Å². The van der Waals surface area contributed by atoms with E-state index in [0.29, 0.717) is 12.8 Å². The Kier molecular flexibility index (Phi) is 6.12. The van der Waals surface area contributed by atoms with Gasteiger partial charge in [0.1, 0.15) is 6.10 Å². The maximum Gasteiger partial charge on any atom is 0.223 e. The van der Waals surface area contributed by atoms with Crippen LogP contribution in [-0.4, -0.2) is 23.0 Å². The van der Waals surface area contributed by atoms with Gasteiger partial charge in [0.15, 0.2) is 0 Å². The molecule has 2 rings (SSSR count). The number of aliphatic hydroxyl groups is 1. The average molecular weight is 309 g/mol. The molecule has 0 radical (unpaired) electrons. The van der Waals surface area contributed by atoms with Gasteiger partial charge in [-0.3, -0.25) is 4.79 Å². The van der Waals surface area contributed by atoms with Crippen molar-refractivity contribution in [3.63, 3.8) is 0 Å². The molecule has 0 bridgehead atoms. The van der Waals surface area contributed by atoms with E-state index < -0.39 is 12.1 Å². The molecule has 0 unspecified atom stereocenters. The highest BCUT2D eigenvalue weighted by Crippen LogP contribution is 2.33. The third-order valence-electron chi connectivity index (χ3n) is 3.95. The van der Waals surface area contributed by atoms with Crippen molar-refractivity contribution in [3.05, 3.63) is 84.4 Å². The number of hydrogen-bond acceptors (Lipinski definition) is 2. The Morgan fingerprint density at radius 3 is 2.13 bits per heavy atom. The normalized spacial score (nSPS) is 13.1. The van der Waals surface area contributed by atoms with Crippen molar-refractivity contribution in [1.29, 1.82) is 0 Å². The van der Waals surface area contributed by atoms with Crippen LogP contribution < -0.4 is 0 Å². The number of carbonyl (C=O) groups excluding carboxylic acids is 1. The average Bonchev–Trinajstić information content (AvgIpc) is 2.61. The van der Waals surface area contributed by atoms with Crippen molar-refractivity contribution >= 4 is 5.91 Å². The van der Waals surface area contributed by atoms with Gasteiger partial charge in [-0.05, 0) is 17.5 Å². The Bertz CT molecular complexity index is 625. The number of amides is 1. The van der Waals surface area contributed by atoms with Crippen molar-refractivity contribution < 1.29 is 9.90 Å². The largest absolute Gasteiger partial charge is 0.386 e. The highest BCUT2D eigenvalue weighted by molar-refractivity contribution is 5.76. The van der Waals surface area contributed by atoms with Crippen molar-refractivity contribution in [1.82, 2.24) is 4.90 Å². The number of aliphatic hydroxyl groups excluding tert-OH is 1. The van der Waals surface area contributed by atoms with Crippen LogP contribution in [0, 0.1) is 0 Å². The van der Waals surface area contributed by atoms with Gasteiger partial charge in [0.05, 0.1) is 6.04 Å². The second-order valence-electron chi connectivity index (χ2n) is 5.54. The predicted octanol–water partition coefficient (Wildman–Crippen LogP) is 3.89. The van der Waals surface area contributed by atoms with Gasteiger partial charge in [-0.2, -0.15) is 0 Å². The fraction of sp³-hybridized carbons (Fsp3) is 0.250. The fourth-order valence-electron chi connectivity index (χ4n) is 2.66. The smallest absolute Gasteiger partial charge is 0.223 e. The van der Waals surface area contributed by atoms with Crippen LogP contribution in [0.3, 0.4) is 0 Å². The fourth-order valence-corrected chi connectivity index (χ4v) is 2.66. The second kappa shape index (κ2) is 8.30. The Hall–Kier alpha value is -2.39. The standard InChI is InChI=1S/C20H23NO2/c1-3-4-15-18(22)21(2)19(16-11-7-5-8-12-16)20(23)17-13-9-6-10-14-17/h3,5-14,19-20,23H,1,4,15H2,2H3/t19-,20+/m1/s1. The number of rotatable bonds is 7. The molecule has 3 nitrogen and oxygen atoms in total. The van der Waals surface area contributed by atoms with Gasteiger partial charge >= 0.3 is 0 Å². The van der Waals surface area contributed by atoms with Crippen LogP contribution in [0.15, 0.2) is 73.3 Å². The van der Waals surface area contributed by atoms with E-state index in [4.69, 9.17) is 0 Å². The molecule has 0 saturated heterocycles. The van der Waals surface area contributed by atoms with Crippen molar-refractivity contribution in [2.45, 2.75) is 25.0 Å². The monoisotopic (exact) mass is 309 g/mol. The molecule has 1 amide bonds. The molecule has 0 aliphatic rings. The summed E-state index contributed by atoms with van der Waals surface area (Å²) in [6.07, 6.45) is 1.98. The number of likely N-dealkylation sites (N-methyl/N-ethyl adjacent to an activating group) is 1. The van der Waals surface area contributed by atoms with Gasteiger partial charge in [0.25, 0.3) is 0 Å². The zero-order chi connectivity index (χ0) is 16.7. The van der Waals surface area contributed by atoms with E-state index in [1.807, 2.05) is 60.7 Å². The zero-order valence-corrected chi connectivity index (χ0v) is 13.4. The first-order valence-corrected chi connectivity index (χ1v) is 7.79. The van der Waals surface area contributed by atoms with Gasteiger partial charge in [0.2, 0.25) is 5.91 Å². The Morgan fingerprint density at radius 1 is 1.09 bits per heavy atom. The van der Waals surface area contributed by atoms with Crippen LogP contribution in [0.4, 0.5) is 0 Å². The first-order valence-electron chi connectivity index (χ1n) is 7.79. The van der Waals surface area contributed by atoms with E-state index in [2.05, 4.69) is 6.58 Å². The summed E-state index contributed by atoms with van der Waals surface area (Å²) in [5.74, 6) is -0.00580. The predicted molar refractivity (Wildman–Crippen MR) is 92.8 cm³/mol. The van der Waals surface area contributed by atoms with Crippen molar-refractivity contribution in [2.75, 3.05) is 7.05 Å². The molecule has 3 heteroatoms. The lowest BCUT2D eigenvalue weighted by molar-refractivity contribution is -0.134. The Morgan fingerprint density at radius 2 is 1.61 bits per heavy atom. The van der Waals surface area contributed by atoms with E-state index in [-0.39, 0.29) is 5.91 Å². The minimum absolute atomic E-state index is 0.00580. The van der Waals surface area contributed by atoms with Gasteiger partial charge in [-0.15, -0.1) is 6.58 Å². The molecule has 2 atom stereocenters. The van der Waals surface area contributed by atoms with Crippen LogP contribution >= 0.6 is 0 Å². The Balaban J connectivity index is 2.32. The van der Waals surface area contributed by atoms with Crippen LogP contribution in [0.5, 0.6) is 0 Å². The van der Waals surface area contributed by atoms with Crippen LogP contribution in [0.1, 0.15) is 36.1 Å². The summed E-state index contributed by atoms with van der Waals surface area (Å²) >= 11 is 0. The number of benzene rings is 2. The zero-order valence-electron chi connectivity index (χ0n) is 13.4. The molecule has 0 aliphatic carbocycles. The number of allylic oxidation sites excluding steroid dienone is 1. The molecule has 2 aromatic rings. The molecular formula is C20H23NO2. The lowest BCUT2D eigenvalue weighted by atomic mass is 9.94. The lowest BCUT2D eigenvalue weighted by Gasteiger charge is -2.33. The minimum atomic E-state index is -0.781. The van der Waals surface area contributed by atoms with Crippen LogP contribution in [0.2, 0.25) is 0 Å². The van der Waals surface area contributed by atoms with E-state index in [1.54, 1.807) is 18.0 Å². The molecule has 0 aromatic heterocycles. The third-order valence-corrected chi connectivity index (χ3v) is 3.95. The first-order chi connectivity index (χ1) is 11.1. The van der Waals surface area contributed by atoms with E-state index in [1.165, 1.54) is 0 Å². The summed E-state index contributed by atoms with van der Waals surface area (Å²) in [6.45, 7) is 3.66. The van der Waals surface area contributed by atoms with Crippen molar-refractivity contribution in [2.24, 2.45) is 0 Å². The first kappa shape index (κ1) is 17.0. The van der Waals surface area contributed by atoms with Gasteiger partial charge in [-0.25, -0.2) is 0 Å². The summed E-state index contributed by atoms with van der Waals surface area (Å²) in [7, 11) is 1.75. The summed E-state index contributed by atoms with van der Waals surface area (Å²) in [6, 6.07) is 18.7. The topological polar surface area (TPSA) is 40.5 Å². The lowest BCUT2D eigenvalue weighted by Crippen LogP contribution is -2.34. The maximum absolute atomic E-state index is 12.4. The molecular weight excluding hydrogens is 286 g/mol. The molecule has 0 aliphatic heterocycles. The summed E-state index contributed by atoms with van der Waals surface area (Å²) < 4.78 is 0. The molecule has 0 heterocycles. The van der Waals surface area contributed by atoms with Crippen molar-refractivity contribution in [3.8, 4) is 0 Å². The molecule has 23 heavy (non-hydrogen) atoms. The highest BCUT2D eigenvalue weighted by Gasteiger charge is 2.29. The van der Waals surface area contributed by atoms with Crippen LogP contribution in [0.25, 0.3) is 0 Å². The SMILES string of the molecule is C=CCCC(=O)N(C)[C@H](c1ccccc1)[C@@H](O)c1ccccc1. The molecule has 0 saturated carbocycles. The third kappa shape index (κ3) is 4.30.